The summed E-state index contributed by atoms with van der Waals surface area (Å²) < 4.78 is 0. The molecule has 1 atom stereocenters. The molecule has 7 heteroatoms. The monoisotopic (exact) mass is 417 g/mol. The van der Waals surface area contributed by atoms with Crippen LogP contribution in [0.5, 0.6) is 0 Å². The van der Waals surface area contributed by atoms with E-state index in [0.717, 1.165) is 58.2 Å². The number of aromatic amines is 1. The molecule has 30 heavy (non-hydrogen) atoms. The van der Waals surface area contributed by atoms with Crippen molar-refractivity contribution in [2.24, 2.45) is 0 Å². The Labute approximate surface area is 179 Å². The van der Waals surface area contributed by atoms with Crippen LogP contribution >= 0.6 is 11.3 Å². The molecule has 3 aromatic heterocycles. The van der Waals surface area contributed by atoms with Gasteiger partial charge < -0.3 is 15.2 Å². The lowest BCUT2D eigenvalue weighted by Gasteiger charge is -2.24. The van der Waals surface area contributed by atoms with Gasteiger partial charge in [-0.3, -0.25) is 4.79 Å². The summed E-state index contributed by atoms with van der Waals surface area (Å²) in [5, 5.41) is 7.23. The van der Waals surface area contributed by atoms with Crippen molar-refractivity contribution < 1.29 is 4.79 Å². The zero-order valence-electron chi connectivity index (χ0n) is 16.8. The molecule has 152 valence electrons. The third kappa shape index (κ3) is 3.68. The highest BCUT2D eigenvalue weighted by molar-refractivity contribution is 7.13. The summed E-state index contributed by atoms with van der Waals surface area (Å²) in [6.45, 7) is 2.75. The van der Waals surface area contributed by atoms with Crippen LogP contribution in [-0.4, -0.2) is 32.3 Å². The number of amides is 1. The molecule has 0 aliphatic carbocycles. The number of aryl methyl sites for hydroxylation is 1. The van der Waals surface area contributed by atoms with E-state index in [1.165, 1.54) is 0 Å². The number of fused-ring (bicyclic) bond motifs is 1. The third-order valence-electron chi connectivity index (χ3n) is 5.56. The quantitative estimate of drug-likeness (QED) is 0.480. The highest BCUT2D eigenvalue weighted by Gasteiger charge is 2.31. The van der Waals surface area contributed by atoms with E-state index < -0.39 is 0 Å². The molecule has 0 radical (unpaired) electrons. The number of nitrogens with one attached hydrogen (secondary N) is 2. The first-order chi connectivity index (χ1) is 14.7. The first-order valence-corrected chi connectivity index (χ1v) is 11.1. The Hall–Kier alpha value is -3.19. The zero-order valence-corrected chi connectivity index (χ0v) is 17.6. The van der Waals surface area contributed by atoms with E-state index in [4.69, 9.17) is 4.98 Å². The Morgan fingerprint density at radius 2 is 2.13 bits per heavy atom. The molecule has 1 aromatic carbocycles. The minimum atomic E-state index is 0.0162. The highest BCUT2D eigenvalue weighted by atomic mass is 32.1. The maximum Gasteiger partial charge on any atom is 0.227 e. The van der Waals surface area contributed by atoms with Gasteiger partial charge in [-0.15, -0.1) is 11.3 Å². The number of carbonyl (C=O) groups is 1. The fraction of sp³-hybridized carbons (Fsp3) is 0.261. The van der Waals surface area contributed by atoms with Gasteiger partial charge in [0.1, 0.15) is 5.82 Å². The molecule has 0 bridgehead atoms. The molecule has 4 aromatic rings. The number of hydrogen-bond donors (Lipinski definition) is 2. The summed E-state index contributed by atoms with van der Waals surface area (Å²) in [4.78, 5) is 27.7. The van der Waals surface area contributed by atoms with E-state index in [1.807, 2.05) is 59.8 Å². The van der Waals surface area contributed by atoms with Gasteiger partial charge in [-0.25, -0.2) is 9.97 Å². The van der Waals surface area contributed by atoms with Crippen molar-refractivity contribution in [3.63, 3.8) is 0 Å². The van der Waals surface area contributed by atoms with Crippen LogP contribution < -0.4 is 5.32 Å². The van der Waals surface area contributed by atoms with Crippen molar-refractivity contribution in [3.05, 3.63) is 71.0 Å². The Morgan fingerprint density at radius 1 is 1.23 bits per heavy atom. The molecular formula is C23H23N5OS. The van der Waals surface area contributed by atoms with Gasteiger partial charge in [-0.05, 0) is 43.5 Å². The first kappa shape index (κ1) is 18.8. The number of thiazole rings is 1. The fourth-order valence-corrected chi connectivity index (χ4v) is 4.84. The van der Waals surface area contributed by atoms with Gasteiger partial charge in [0.25, 0.3) is 0 Å². The van der Waals surface area contributed by atoms with Gasteiger partial charge in [0.05, 0.1) is 23.9 Å². The molecule has 0 saturated carbocycles. The number of likely N-dealkylation sites (tertiary alicyclic amines) is 1. The van der Waals surface area contributed by atoms with Gasteiger partial charge in [-0.1, -0.05) is 24.3 Å². The molecule has 1 fully saturated rings. The molecule has 1 saturated heterocycles. The van der Waals surface area contributed by atoms with Gasteiger partial charge >= 0.3 is 0 Å². The number of hydrogen-bond acceptors (Lipinski definition) is 5. The van der Waals surface area contributed by atoms with Crippen molar-refractivity contribution in [2.75, 3.05) is 11.9 Å². The standard InChI is InChI=1S/C23H23N5OS/c1-15-14-30-23(25-15)27-21-10-4-8-19(26-21)20-9-5-11-28(20)22(29)12-16-13-24-18-7-3-2-6-17(16)18/h2-4,6-8,10,13-14,20,24H,5,9,11-12H2,1H3,(H,25,26,27)/t20-/m1/s1. The summed E-state index contributed by atoms with van der Waals surface area (Å²) in [5.41, 5.74) is 4.03. The summed E-state index contributed by atoms with van der Waals surface area (Å²) in [6.07, 6.45) is 4.28. The van der Waals surface area contributed by atoms with Crippen LogP contribution in [0.25, 0.3) is 10.9 Å². The van der Waals surface area contributed by atoms with E-state index in [0.29, 0.717) is 6.42 Å². The second-order valence-corrected chi connectivity index (χ2v) is 8.51. The number of para-hydroxylation sites is 1. The van der Waals surface area contributed by atoms with Crippen molar-refractivity contribution >= 4 is 39.1 Å². The van der Waals surface area contributed by atoms with Crippen LogP contribution in [0.15, 0.2) is 54.0 Å². The van der Waals surface area contributed by atoms with E-state index in [2.05, 4.69) is 21.4 Å². The number of benzene rings is 1. The average Bonchev–Trinajstić information content (AvgIpc) is 3.49. The normalized spacial score (nSPS) is 16.3. The first-order valence-electron chi connectivity index (χ1n) is 10.2. The number of carbonyl (C=O) groups excluding carboxylic acids is 1. The zero-order chi connectivity index (χ0) is 20.5. The molecule has 5 rings (SSSR count). The predicted octanol–water partition coefficient (Wildman–Crippen LogP) is 4.98. The van der Waals surface area contributed by atoms with Crippen LogP contribution in [0.2, 0.25) is 0 Å². The Bertz CT molecular complexity index is 1200. The molecular weight excluding hydrogens is 394 g/mol. The number of rotatable bonds is 5. The molecule has 1 amide bonds. The molecule has 6 nitrogen and oxygen atoms in total. The fourth-order valence-electron chi connectivity index (χ4n) is 4.14. The summed E-state index contributed by atoms with van der Waals surface area (Å²) in [5.74, 6) is 0.913. The largest absolute Gasteiger partial charge is 0.361 e. The maximum atomic E-state index is 13.2. The second-order valence-electron chi connectivity index (χ2n) is 7.65. The molecule has 2 N–H and O–H groups in total. The summed E-state index contributed by atoms with van der Waals surface area (Å²) in [7, 11) is 0. The highest BCUT2D eigenvalue weighted by Crippen LogP contribution is 2.33. The lowest BCUT2D eigenvalue weighted by molar-refractivity contribution is -0.131. The third-order valence-corrected chi connectivity index (χ3v) is 6.43. The van der Waals surface area contributed by atoms with Crippen molar-refractivity contribution in [1.29, 1.82) is 0 Å². The molecule has 1 aliphatic rings. The van der Waals surface area contributed by atoms with Crippen molar-refractivity contribution in [2.45, 2.75) is 32.2 Å². The van der Waals surface area contributed by atoms with E-state index in [1.54, 1.807) is 11.3 Å². The second kappa shape index (κ2) is 7.91. The van der Waals surface area contributed by atoms with Gasteiger partial charge in [0.2, 0.25) is 5.91 Å². The van der Waals surface area contributed by atoms with E-state index >= 15 is 0 Å². The van der Waals surface area contributed by atoms with Crippen LogP contribution in [0, 0.1) is 6.92 Å². The van der Waals surface area contributed by atoms with E-state index in [9.17, 15) is 4.79 Å². The number of nitrogens with zero attached hydrogens (tertiary/aromatic N) is 3. The van der Waals surface area contributed by atoms with Crippen LogP contribution in [0.3, 0.4) is 0 Å². The molecule has 1 aliphatic heterocycles. The van der Waals surface area contributed by atoms with Crippen LogP contribution in [-0.2, 0) is 11.2 Å². The number of aromatic nitrogens is 3. The van der Waals surface area contributed by atoms with Crippen molar-refractivity contribution in [1.82, 2.24) is 19.9 Å². The lowest BCUT2D eigenvalue weighted by atomic mass is 10.1. The summed E-state index contributed by atoms with van der Waals surface area (Å²) >= 11 is 1.56. The van der Waals surface area contributed by atoms with E-state index in [-0.39, 0.29) is 11.9 Å². The smallest absolute Gasteiger partial charge is 0.227 e. The number of H-pyrrole nitrogens is 1. The Balaban J connectivity index is 1.34. The molecule has 0 unspecified atom stereocenters. The van der Waals surface area contributed by atoms with Gasteiger partial charge in [0.15, 0.2) is 5.13 Å². The summed E-state index contributed by atoms with van der Waals surface area (Å²) in [6, 6.07) is 14.1. The number of anilines is 2. The number of pyridine rings is 1. The van der Waals surface area contributed by atoms with Crippen molar-refractivity contribution in [3.8, 4) is 0 Å². The SMILES string of the molecule is Cc1csc(Nc2cccc([C@H]3CCCN3C(=O)Cc3c[nH]c4ccccc34)n2)n1. The minimum Gasteiger partial charge on any atom is -0.361 e. The topological polar surface area (TPSA) is 73.9 Å². The van der Waals surface area contributed by atoms with Crippen LogP contribution in [0.1, 0.15) is 35.8 Å². The Kier molecular flexibility index (Phi) is 4.96. The van der Waals surface area contributed by atoms with Gasteiger partial charge in [0, 0.05) is 29.0 Å². The van der Waals surface area contributed by atoms with Crippen LogP contribution in [0.4, 0.5) is 10.9 Å². The minimum absolute atomic E-state index is 0.0162. The Morgan fingerprint density at radius 3 is 3.00 bits per heavy atom. The van der Waals surface area contributed by atoms with Gasteiger partial charge in [-0.2, -0.15) is 0 Å². The predicted molar refractivity (Wildman–Crippen MR) is 120 cm³/mol. The average molecular weight is 418 g/mol. The lowest BCUT2D eigenvalue weighted by Crippen LogP contribution is -2.32. The maximum absolute atomic E-state index is 13.2. The molecule has 4 heterocycles. The molecule has 0 spiro atoms.